The van der Waals surface area contributed by atoms with Crippen LogP contribution in [-0.2, 0) is 9.53 Å². The van der Waals surface area contributed by atoms with Crippen molar-refractivity contribution in [3.05, 3.63) is 0 Å². The van der Waals surface area contributed by atoms with Crippen LogP contribution in [0.4, 0.5) is 0 Å². The molecule has 2 aliphatic heterocycles. The van der Waals surface area contributed by atoms with Crippen LogP contribution in [0.2, 0.25) is 0 Å². The van der Waals surface area contributed by atoms with E-state index in [1.165, 1.54) is 0 Å². The molecule has 0 bridgehead atoms. The van der Waals surface area contributed by atoms with E-state index in [1.54, 1.807) is 4.90 Å². The molecule has 0 saturated carbocycles. The molecular formula is C10H18N2O3. The van der Waals surface area contributed by atoms with Crippen LogP contribution in [0.15, 0.2) is 0 Å². The number of carbonyl (C=O) groups is 1. The quantitative estimate of drug-likeness (QED) is 0.620. The maximum atomic E-state index is 12.0. The van der Waals surface area contributed by atoms with Crippen molar-refractivity contribution in [1.29, 1.82) is 0 Å². The lowest BCUT2D eigenvalue weighted by molar-refractivity contribution is -0.146. The van der Waals surface area contributed by atoms with Gasteiger partial charge in [0.1, 0.15) is 0 Å². The largest absolute Gasteiger partial charge is 0.389 e. The number of aliphatic hydroxyl groups excluding tert-OH is 1. The fourth-order valence-electron chi connectivity index (χ4n) is 2.13. The summed E-state index contributed by atoms with van der Waals surface area (Å²) in [6, 6.07) is 0.139. The minimum atomic E-state index is -0.325. The molecule has 0 aromatic heterocycles. The van der Waals surface area contributed by atoms with Crippen LogP contribution in [-0.4, -0.2) is 60.9 Å². The maximum Gasteiger partial charge on any atom is 0.229 e. The van der Waals surface area contributed by atoms with E-state index in [0.717, 1.165) is 6.54 Å². The zero-order valence-electron chi connectivity index (χ0n) is 8.98. The summed E-state index contributed by atoms with van der Waals surface area (Å²) in [6.07, 6.45) is -0.325. The molecule has 2 fully saturated rings. The Balaban J connectivity index is 1.88. The second-order valence-electron chi connectivity index (χ2n) is 4.21. The standard InChI is InChI=1S/C10H18N2O3/c1-2-11-9-6-15-5-8(9)10(14)12-3-7(13)4-12/h7-9,11,13H,2-6H2,1H3. The summed E-state index contributed by atoms with van der Waals surface area (Å²) in [5, 5.41) is 12.4. The lowest BCUT2D eigenvalue weighted by atomic mass is 9.99. The smallest absolute Gasteiger partial charge is 0.229 e. The van der Waals surface area contributed by atoms with Crippen molar-refractivity contribution in [2.75, 3.05) is 32.8 Å². The number of ether oxygens (including phenoxy) is 1. The van der Waals surface area contributed by atoms with Crippen LogP contribution in [0.25, 0.3) is 0 Å². The summed E-state index contributed by atoms with van der Waals surface area (Å²) >= 11 is 0. The molecule has 1 amide bonds. The minimum absolute atomic E-state index is 0.0718. The summed E-state index contributed by atoms with van der Waals surface area (Å²) in [6.45, 7) is 4.94. The van der Waals surface area contributed by atoms with Gasteiger partial charge in [-0.25, -0.2) is 0 Å². The third-order valence-corrected chi connectivity index (χ3v) is 3.04. The number of likely N-dealkylation sites (tertiary alicyclic amines) is 1. The van der Waals surface area contributed by atoms with Gasteiger partial charge in [0.05, 0.1) is 25.2 Å². The fraction of sp³-hybridized carbons (Fsp3) is 0.900. The zero-order chi connectivity index (χ0) is 10.8. The first-order valence-electron chi connectivity index (χ1n) is 5.50. The van der Waals surface area contributed by atoms with Gasteiger partial charge in [0.25, 0.3) is 0 Å². The summed E-state index contributed by atoms with van der Waals surface area (Å²) in [5.41, 5.74) is 0. The fourth-order valence-corrected chi connectivity index (χ4v) is 2.13. The number of amides is 1. The molecule has 5 heteroatoms. The molecule has 2 heterocycles. The molecule has 0 radical (unpaired) electrons. The van der Waals surface area contributed by atoms with Crippen molar-refractivity contribution in [3.63, 3.8) is 0 Å². The van der Waals surface area contributed by atoms with E-state index in [2.05, 4.69) is 5.32 Å². The summed E-state index contributed by atoms with van der Waals surface area (Å²) in [7, 11) is 0. The Morgan fingerprint density at radius 1 is 1.53 bits per heavy atom. The highest BCUT2D eigenvalue weighted by atomic mass is 16.5. The minimum Gasteiger partial charge on any atom is -0.389 e. The molecule has 0 aromatic carbocycles. The van der Waals surface area contributed by atoms with Crippen LogP contribution in [0, 0.1) is 5.92 Å². The van der Waals surface area contributed by atoms with E-state index < -0.39 is 0 Å². The average molecular weight is 214 g/mol. The Bertz CT molecular complexity index is 241. The summed E-state index contributed by atoms with van der Waals surface area (Å²) < 4.78 is 5.32. The molecule has 86 valence electrons. The molecule has 15 heavy (non-hydrogen) atoms. The van der Waals surface area contributed by atoms with Crippen LogP contribution in [0.1, 0.15) is 6.92 Å². The average Bonchev–Trinajstić information content (AvgIpc) is 2.61. The molecule has 0 aliphatic carbocycles. The van der Waals surface area contributed by atoms with Crippen LogP contribution < -0.4 is 5.32 Å². The second-order valence-corrected chi connectivity index (χ2v) is 4.21. The number of rotatable bonds is 3. The van der Waals surface area contributed by atoms with Crippen molar-refractivity contribution >= 4 is 5.91 Å². The summed E-state index contributed by atoms with van der Waals surface area (Å²) in [5.74, 6) is 0.0428. The van der Waals surface area contributed by atoms with Crippen molar-refractivity contribution in [2.45, 2.75) is 19.1 Å². The molecule has 2 saturated heterocycles. The number of hydrogen-bond donors (Lipinski definition) is 2. The molecule has 2 unspecified atom stereocenters. The highest BCUT2D eigenvalue weighted by molar-refractivity contribution is 5.81. The van der Waals surface area contributed by atoms with Gasteiger partial charge in [-0.15, -0.1) is 0 Å². The van der Waals surface area contributed by atoms with Crippen molar-refractivity contribution in [3.8, 4) is 0 Å². The molecule has 2 aliphatic rings. The van der Waals surface area contributed by atoms with E-state index >= 15 is 0 Å². The SMILES string of the molecule is CCNC1COCC1C(=O)N1CC(O)C1. The number of likely N-dealkylation sites (N-methyl/N-ethyl adjacent to an activating group) is 1. The number of nitrogens with one attached hydrogen (secondary N) is 1. The van der Waals surface area contributed by atoms with Crippen molar-refractivity contribution in [1.82, 2.24) is 10.2 Å². The van der Waals surface area contributed by atoms with E-state index in [9.17, 15) is 4.79 Å². The summed E-state index contributed by atoms with van der Waals surface area (Å²) in [4.78, 5) is 13.7. The monoisotopic (exact) mass is 214 g/mol. The predicted octanol–water partition coefficient (Wildman–Crippen LogP) is -1.19. The third kappa shape index (κ3) is 2.14. The Hall–Kier alpha value is -0.650. The number of aliphatic hydroxyl groups is 1. The van der Waals surface area contributed by atoms with E-state index in [-0.39, 0.29) is 24.0 Å². The molecule has 2 rings (SSSR count). The Kier molecular flexibility index (Phi) is 3.23. The van der Waals surface area contributed by atoms with Gasteiger partial charge in [-0.05, 0) is 6.54 Å². The van der Waals surface area contributed by atoms with Gasteiger partial charge in [-0.1, -0.05) is 6.92 Å². The number of carbonyl (C=O) groups excluding carboxylic acids is 1. The van der Waals surface area contributed by atoms with Crippen molar-refractivity contribution < 1.29 is 14.6 Å². The molecule has 2 N–H and O–H groups in total. The lowest BCUT2D eigenvalue weighted by Gasteiger charge is -2.38. The Labute approximate surface area is 89.4 Å². The van der Waals surface area contributed by atoms with Crippen LogP contribution in [0.5, 0.6) is 0 Å². The molecular weight excluding hydrogens is 196 g/mol. The van der Waals surface area contributed by atoms with E-state index in [0.29, 0.717) is 26.3 Å². The lowest BCUT2D eigenvalue weighted by Crippen LogP contribution is -2.57. The normalized spacial score (nSPS) is 31.7. The second kappa shape index (κ2) is 4.47. The number of β-amino-alcohol motifs (C(OH)–C–C–N with tert-alkyl or cyclic N) is 1. The first kappa shape index (κ1) is 10.9. The van der Waals surface area contributed by atoms with Gasteiger partial charge in [0.15, 0.2) is 0 Å². The maximum absolute atomic E-state index is 12.0. The van der Waals surface area contributed by atoms with Gasteiger partial charge < -0.3 is 20.1 Å². The number of nitrogens with zero attached hydrogens (tertiary/aromatic N) is 1. The van der Waals surface area contributed by atoms with Crippen LogP contribution in [0.3, 0.4) is 0 Å². The first-order chi connectivity index (χ1) is 7.22. The Morgan fingerprint density at radius 2 is 2.27 bits per heavy atom. The van der Waals surface area contributed by atoms with Gasteiger partial charge in [-0.2, -0.15) is 0 Å². The van der Waals surface area contributed by atoms with Gasteiger partial charge in [-0.3, -0.25) is 4.79 Å². The topological polar surface area (TPSA) is 61.8 Å². The third-order valence-electron chi connectivity index (χ3n) is 3.04. The molecule has 2 atom stereocenters. The van der Waals surface area contributed by atoms with E-state index in [4.69, 9.17) is 9.84 Å². The predicted molar refractivity (Wildman–Crippen MR) is 54.4 cm³/mol. The van der Waals surface area contributed by atoms with Gasteiger partial charge >= 0.3 is 0 Å². The Morgan fingerprint density at radius 3 is 2.87 bits per heavy atom. The van der Waals surface area contributed by atoms with Gasteiger partial charge in [0, 0.05) is 19.1 Å². The molecule has 0 aromatic rings. The van der Waals surface area contributed by atoms with Gasteiger partial charge in [0.2, 0.25) is 5.91 Å². The molecule has 5 nitrogen and oxygen atoms in total. The van der Waals surface area contributed by atoms with Crippen molar-refractivity contribution in [2.24, 2.45) is 5.92 Å². The highest BCUT2D eigenvalue weighted by Crippen LogP contribution is 2.20. The molecule has 0 spiro atoms. The van der Waals surface area contributed by atoms with E-state index in [1.807, 2.05) is 6.92 Å². The highest BCUT2D eigenvalue weighted by Gasteiger charge is 2.39. The van der Waals surface area contributed by atoms with Crippen LogP contribution >= 0.6 is 0 Å². The first-order valence-corrected chi connectivity index (χ1v) is 5.50. The number of hydrogen-bond acceptors (Lipinski definition) is 4. The zero-order valence-corrected chi connectivity index (χ0v) is 8.98.